The highest BCUT2D eigenvalue weighted by atomic mass is 32.1. The molecule has 0 unspecified atom stereocenters. The summed E-state index contributed by atoms with van der Waals surface area (Å²) >= 11 is 1.27. The van der Waals surface area contributed by atoms with E-state index >= 15 is 0 Å². The number of nitrogens with zero attached hydrogens (tertiary/aromatic N) is 2. The molecule has 0 atom stereocenters. The maximum Gasteiger partial charge on any atom is 0.252 e. The Balaban J connectivity index is 1.71. The van der Waals surface area contributed by atoms with Crippen LogP contribution in [0.1, 0.15) is 17.2 Å². The summed E-state index contributed by atoms with van der Waals surface area (Å²) < 4.78 is 5.87. The molecule has 0 saturated heterocycles. The lowest BCUT2D eigenvalue weighted by Gasteiger charge is -2.18. The van der Waals surface area contributed by atoms with E-state index in [0.717, 1.165) is 11.1 Å². The molecule has 3 rings (SSSR count). The molecule has 0 spiro atoms. The Kier molecular flexibility index (Phi) is 5.08. The van der Waals surface area contributed by atoms with Crippen molar-refractivity contribution >= 4 is 22.4 Å². The van der Waals surface area contributed by atoms with Crippen molar-refractivity contribution in [2.45, 2.75) is 6.10 Å². The lowest BCUT2D eigenvalue weighted by molar-refractivity contribution is -0.121. The lowest BCUT2D eigenvalue weighted by atomic mass is 10.0. The van der Waals surface area contributed by atoms with Crippen LogP contribution in [0, 0.1) is 0 Å². The zero-order chi connectivity index (χ0) is 15.9. The Morgan fingerprint density at radius 3 is 2.17 bits per heavy atom. The lowest BCUT2D eigenvalue weighted by Crippen LogP contribution is -2.20. The average molecular weight is 325 g/mol. The fraction of sp³-hybridized carbons (Fsp3) is 0.118. The summed E-state index contributed by atoms with van der Waals surface area (Å²) in [6, 6.07) is 19.7. The summed E-state index contributed by atoms with van der Waals surface area (Å²) in [5, 5.41) is 10.6. The topological polar surface area (TPSA) is 64.1 Å². The molecular formula is C17H15N3O2S. The van der Waals surface area contributed by atoms with Gasteiger partial charge in [-0.3, -0.25) is 10.1 Å². The first-order valence-electron chi connectivity index (χ1n) is 7.10. The van der Waals surface area contributed by atoms with Crippen LogP contribution in [0.4, 0.5) is 5.13 Å². The predicted octanol–water partition coefficient (Wildman–Crippen LogP) is 3.28. The van der Waals surface area contributed by atoms with Gasteiger partial charge in [0.15, 0.2) is 0 Å². The zero-order valence-corrected chi connectivity index (χ0v) is 13.1. The largest absolute Gasteiger partial charge is 0.359 e. The van der Waals surface area contributed by atoms with E-state index in [0.29, 0.717) is 5.13 Å². The van der Waals surface area contributed by atoms with Gasteiger partial charge in [0.05, 0.1) is 0 Å². The molecule has 3 aromatic rings. The Morgan fingerprint density at radius 2 is 1.65 bits per heavy atom. The molecule has 0 radical (unpaired) electrons. The quantitative estimate of drug-likeness (QED) is 0.755. The van der Waals surface area contributed by atoms with Crippen LogP contribution in [-0.2, 0) is 9.53 Å². The molecule has 1 amide bonds. The number of aromatic nitrogens is 2. The first-order chi connectivity index (χ1) is 11.3. The van der Waals surface area contributed by atoms with Gasteiger partial charge in [-0.05, 0) is 11.1 Å². The highest BCUT2D eigenvalue weighted by molar-refractivity contribution is 7.13. The van der Waals surface area contributed by atoms with E-state index in [9.17, 15) is 4.79 Å². The number of amides is 1. The van der Waals surface area contributed by atoms with Crippen molar-refractivity contribution in [3.05, 3.63) is 77.3 Å². The third-order valence-corrected chi connectivity index (χ3v) is 3.80. The molecule has 0 aliphatic heterocycles. The summed E-state index contributed by atoms with van der Waals surface area (Å²) in [4.78, 5) is 12.0. The Morgan fingerprint density at radius 1 is 1.04 bits per heavy atom. The molecule has 0 aliphatic carbocycles. The number of anilines is 1. The Bertz CT molecular complexity index is 694. The number of nitrogens with one attached hydrogen (secondary N) is 1. The van der Waals surface area contributed by atoms with Crippen LogP contribution in [0.5, 0.6) is 0 Å². The van der Waals surface area contributed by atoms with E-state index in [1.807, 2.05) is 60.7 Å². The normalized spacial score (nSPS) is 10.7. The maximum absolute atomic E-state index is 12.0. The van der Waals surface area contributed by atoms with E-state index in [-0.39, 0.29) is 18.6 Å². The van der Waals surface area contributed by atoms with Crippen molar-refractivity contribution in [1.29, 1.82) is 0 Å². The van der Waals surface area contributed by atoms with E-state index in [4.69, 9.17) is 4.74 Å². The minimum atomic E-state index is -0.294. The molecule has 0 bridgehead atoms. The fourth-order valence-electron chi connectivity index (χ4n) is 2.18. The zero-order valence-electron chi connectivity index (χ0n) is 12.3. The summed E-state index contributed by atoms with van der Waals surface area (Å²) in [5.41, 5.74) is 3.57. The van der Waals surface area contributed by atoms with Crippen LogP contribution in [0.3, 0.4) is 0 Å². The second kappa shape index (κ2) is 7.62. The third kappa shape index (κ3) is 4.21. The summed E-state index contributed by atoms with van der Waals surface area (Å²) in [6.45, 7) is -0.0615. The van der Waals surface area contributed by atoms with Crippen LogP contribution < -0.4 is 5.32 Å². The molecule has 1 N–H and O–H groups in total. The smallest absolute Gasteiger partial charge is 0.252 e. The Labute approximate surface area is 138 Å². The highest BCUT2D eigenvalue weighted by Gasteiger charge is 2.16. The van der Waals surface area contributed by atoms with Gasteiger partial charge in [-0.2, -0.15) is 0 Å². The van der Waals surface area contributed by atoms with Gasteiger partial charge >= 0.3 is 0 Å². The summed E-state index contributed by atoms with van der Waals surface area (Å²) in [7, 11) is 0. The van der Waals surface area contributed by atoms with Crippen molar-refractivity contribution < 1.29 is 9.53 Å². The second-order valence-corrected chi connectivity index (χ2v) is 5.64. The van der Waals surface area contributed by atoms with Gasteiger partial charge < -0.3 is 4.74 Å². The van der Waals surface area contributed by atoms with E-state index < -0.39 is 0 Å². The third-order valence-electron chi connectivity index (χ3n) is 3.19. The van der Waals surface area contributed by atoms with Gasteiger partial charge in [-0.15, -0.1) is 10.2 Å². The fourth-order valence-corrected chi connectivity index (χ4v) is 2.64. The van der Waals surface area contributed by atoms with Crippen molar-refractivity contribution in [3.8, 4) is 0 Å². The number of carbonyl (C=O) groups is 1. The first kappa shape index (κ1) is 15.3. The molecule has 0 aliphatic rings. The molecule has 23 heavy (non-hydrogen) atoms. The van der Waals surface area contributed by atoms with Crippen molar-refractivity contribution in [2.24, 2.45) is 0 Å². The van der Waals surface area contributed by atoms with Gasteiger partial charge in [-0.25, -0.2) is 0 Å². The van der Waals surface area contributed by atoms with Crippen molar-refractivity contribution in [3.63, 3.8) is 0 Å². The van der Waals surface area contributed by atoms with Crippen molar-refractivity contribution in [1.82, 2.24) is 10.2 Å². The number of benzene rings is 2. The number of hydrogen-bond acceptors (Lipinski definition) is 5. The SMILES string of the molecule is O=C(COC(c1ccccc1)c1ccccc1)Nc1nncs1. The molecular weight excluding hydrogens is 310 g/mol. The minimum Gasteiger partial charge on any atom is -0.359 e. The van der Waals surface area contributed by atoms with Crippen LogP contribution in [-0.4, -0.2) is 22.7 Å². The molecule has 0 saturated carbocycles. The van der Waals surface area contributed by atoms with Crippen molar-refractivity contribution in [2.75, 3.05) is 11.9 Å². The van der Waals surface area contributed by atoms with E-state index in [2.05, 4.69) is 15.5 Å². The molecule has 6 heteroatoms. The minimum absolute atomic E-state index is 0.0615. The second-order valence-electron chi connectivity index (χ2n) is 4.80. The Hall–Kier alpha value is -2.57. The molecule has 0 fully saturated rings. The number of ether oxygens (including phenoxy) is 1. The van der Waals surface area contributed by atoms with Crippen LogP contribution in [0.25, 0.3) is 0 Å². The van der Waals surface area contributed by atoms with Crippen LogP contribution >= 0.6 is 11.3 Å². The molecule has 5 nitrogen and oxygen atoms in total. The summed E-state index contributed by atoms with van der Waals surface area (Å²) in [5.74, 6) is -0.251. The first-order valence-corrected chi connectivity index (χ1v) is 7.98. The molecule has 1 heterocycles. The maximum atomic E-state index is 12.0. The molecule has 116 valence electrons. The highest BCUT2D eigenvalue weighted by Crippen LogP contribution is 2.25. The summed E-state index contributed by atoms with van der Waals surface area (Å²) in [6.07, 6.45) is -0.294. The van der Waals surface area contributed by atoms with Gasteiger partial charge in [-0.1, -0.05) is 72.0 Å². The van der Waals surface area contributed by atoms with Gasteiger partial charge in [0.25, 0.3) is 5.91 Å². The van der Waals surface area contributed by atoms with Gasteiger partial charge in [0.2, 0.25) is 5.13 Å². The average Bonchev–Trinajstić information content (AvgIpc) is 3.10. The molecule has 2 aromatic carbocycles. The number of hydrogen-bond donors (Lipinski definition) is 1. The number of rotatable bonds is 6. The van der Waals surface area contributed by atoms with Crippen LogP contribution in [0.2, 0.25) is 0 Å². The standard InChI is InChI=1S/C17H15N3O2S/c21-15(19-17-20-18-12-23-17)11-22-16(13-7-3-1-4-8-13)14-9-5-2-6-10-14/h1-10,12,16H,11H2,(H,19,20,21). The monoisotopic (exact) mass is 325 g/mol. The predicted molar refractivity (Wildman–Crippen MR) is 89.2 cm³/mol. The van der Waals surface area contributed by atoms with E-state index in [1.54, 1.807) is 5.51 Å². The number of carbonyl (C=O) groups excluding carboxylic acids is 1. The van der Waals surface area contributed by atoms with E-state index in [1.165, 1.54) is 11.3 Å². The molecule has 1 aromatic heterocycles. The van der Waals surface area contributed by atoms with Gasteiger partial charge in [0, 0.05) is 0 Å². The van der Waals surface area contributed by atoms with Gasteiger partial charge in [0.1, 0.15) is 18.2 Å². The van der Waals surface area contributed by atoms with Crippen LogP contribution in [0.15, 0.2) is 66.2 Å².